The van der Waals surface area contributed by atoms with Gasteiger partial charge in [-0.3, -0.25) is 20.2 Å². The van der Waals surface area contributed by atoms with Gasteiger partial charge in [0.1, 0.15) is 17.0 Å². The molecular weight excluding hydrogens is 522 g/mol. The van der Waals surface area contributed by atoms with Crippen molar-refractivity contribution in [3.8, 4) is 0 Å². The SMILES string of the molecule is Cc1cnc2c(S(=O)(=O)N[C@@H](CCCN=C(N)NN)C(=O)N3CC[C@@H](C)C[C@@H]3C(=O)O)cccc2c1.Cl. The summed E-state index contributed by atoms with van der Waals surface area (Å²) in [5, 5.41) is 10.4. The van der Waals surface area contributed by atoms with E-state index in [1.807, 2.05) is 19.9 Å². The van der Waals surface area contributed by atoms with E-state index < -0.39 is 34.0 Å². The van der Waals surface area contributed by atoms with Gasteiger partial charge in [0.2, 0.25) is 21.9 Å². The van der Waals surface area contributed by atoms with Crippen LogP contribution in [0.5, 0.6) is 0 Å². The van der Waals surface area contributed by atoms with Crippen LogP contribution in [0.1, 0.15) is 38.2 Å². The predicted molar refractivity (Wildman–Crippen MR) is 142 cm³/mol. The van der Waals surface area contributed by atoms with Gasteiger partial charge in [-0.2, -0.15) is 4.72 Å². The number of halogens is 1. The number of aryl methyl sites for hydroxylation is 1. The second-order valence-corrected chi connectivity index (χ2v) is 10.8. The number of nitrogens with one attached hydrogen (secondary N) is 2. The molecule has 0 radical (unpaired) electrons. The molecule has 2 aromatic rings. The first-order valence-corrected chi connectivity index (χ1v) is 13.2. The van der Waals surface area contributed by atoms with E-state index in [0.29, 0.717) is 24.6 Å². The fourth-order valence-electron chi connectivity index (χ4n) is 4.32. The monoisotopic (exact) mass is 555 g/mol. The maximum atomic E-state index is 13.5. The maximum Gasteiger partial charge on any atom is 0.326 e. The Hall–Kier alpha value is -3.00. The van der Waals surface area contributed by atoms with Gasteiger partial charge in [-0.15, -0.1) is 12.4 Å². The molecule has 1 fully saturated rings. The average Bonchev–Trinajstić information content (AvgIpc) is 2.84. The smallest absolute Gasteiger partial charge is 0.326 e. The van der Waals surface area contributed by atoms with E-state index in [-0.39, 0.29) is 54.2 Å². The second kappa shape index (κ2) is 13.0. The summed E-state index contributed by atoms with van der Waals surface area (Å²) in [6, 6.07) is 4.40. The van der Waals surface area contributed by atoms with E-state index in [9.17, 15) is 23.1 Å². The van der Waals surface area contributed by atoms with Crippen LogP contribution >= 0.6 is 12.4 Å². The minimum atomic E-state index is -4.19. The van der Waals surface area contributed by atoms with Gasteiger partial charge in [-0.05, 0) is 56.2 Å². The highest BCUT2D eigenvalue weighted by atomic mass is 35.5. The summed E-state index contributed by atoms with van der Waals surface area (Å²) < 4.78 is 29.5. The highest BCUT2D eigenvalue weighted by molar-refractivity contribution is 7.89. The molecule has 37 heavy (non-hydrogen) atoms. The molecule has 3 atom stereocenters. The molecular formula is C23H34ClN7O5S. The van der Waals surface area contributed by atoms with Crippen LogP contribution in [-0.2, 0) is 19.6 Å². The van der Waals surface area contributed by atoms with E-state index >= 15 is 0 Å². The van der Waals surface area contributed by atoms with Crippen LogP contribution in [-0.4, -0.2) is 66.4 Å². The Kier molecular flexibility index (Phi) is 10.6. The molecule has 0 spiro atoms. The second-order valence-electron chi connectivity index (χ2n) is 9.08. The standard InChI is InChI=1S/C23H33N7O5S.ClH/c1-14-8-10-30(18(12-14)22(32)33)21(31)17(6-4-9-26-23(24)28-25)29-36(34,35)19-7-3-5-16-11-15(2)13-27-20(16)19;/h3,5,7,11,13-14,17-18,29H,4,6,8-10,12,25H2,1-2H3,(H,32,33)(H3,24,26,28);1H/t14-,17+,18-;/m1./s1. The Bertz CT molecular complexity index is 1260. The molecule has 12 nitrogen and oxygen atoms in total. The van der Waals surface area contributed by atoms with E-state index in [1.54, 1.807) is 18.3 Å². The normalized spacial score (nSPS) is 19.2. The molecule has 1 aliphatic heterocycles. The number of carboxylic acids is 1. The molecule has 1 amide bonds. The first-order chi connectivity index (χ1) is 17.0. The number of piperidine rings is 1. The summed E-state index contributed by atoms with van der Waals surface area (Å²) in [6.45, 7) is 4.21. The zero-order valence-corrected chi connectivity index (χ0v) is 22.4. The van der Waals surface area contributed by atoms with Crippen molar-refractivity contribution in [1.82, 2.24) is 20.0 Å². The van der Waals surface area contributed by atoms with Crippen LogP contribution in [0.3, 0.4) is 0 Å². The van der Waals surface area contributed by atoms with Gasteiger partial charge in [0.15, 0.2) is 0 Å². The molecule has 1 aromatic heterocycles. The highest BCUT2D eigenvalue weighted by Gasteiger charge is 2.39. The minimum Gasteiger partial charge on any atom is -0.480 e. The first-order valence-electron chi connectivity index (χ1n) is 11.7. The van der Waals surface area contributed by atoms with Gasteiger partial charge in [-0.1, -0.05) is 19.1 Å². The molecule has 0 aliphatic carbocycles. The number of hydrazine groups is 1. The number of nitrogens with two attached hydrogens (primary N) is 2. The molecule has 1 saturated heterocycles. The number of fused-ring (bicyclic) bond motifs is 1. The molecule has 0 unspecified atom stereocenters. The van der Waals surface area contributed by atoms with Crippen molar-refractivity contribution >= 4 is 51.2 Å². The van der Waals surface area contributed by atoms with Gasteiger partial charge in [0, 0.05) is 24.7 Å². The summed E-state index contributed by atoms with van der Waals surface area (Å²) in [5.74, 6) is 3.64. The number of aliphatic imine (C=N–C) groups is 1. The van der Waals surface area contributed by atoms with E-state index in [4.69, 9.17) is 11.6 Å². The molecule has 14 heteroatoms. The summed E-state index contributed by atoms with van der Waals surface area (Å²) >= 11 is 0. The zero-order chi connectivity index (χ0) is 26.5. The number of carboxylic acid groups (broad SMARTS) is 1. The van der Waals surface area contributed by atoms with Crippen LogP contribution < -0.4 is 21.7 Å². The Balaban J connectivity index is 0.00000481. The first kappa shape index (κ1) is 30.2. The number of hydrogen-bond donors (Lipinski definition) is 5. The lowest BCUT2D eigenvalue weighted by molar-refractivity contribution is -0.153. The molecule has 3 rings (SSSR count). The Morgan fingerprint density at radius 1 is 1.35 bits per heavy atom. The third kappa shape index (κ3) is 7.51. The quantitative estimate of drug-likeness (QED) is 0.0981. The fraction of sp³-hybridized carbons (Fsp3) is 0.478. The van der Waals surface area contributed by atoms with Crippen LogP contribution in [0.4, 0.5) is 0 Å². The number of hydrogen-bond acceptors (Lipinski definition) is 7. The van der Waals surface area contributed by atoms with E-state index in [0.717, 1.165) is 5.56 Å². The van der Waals surface area contributed by atoms with Crippen molar-refractivity contribution in [2.75, 3.05) is 13.1 Å². The van der Waals surface area contributed by atoms with Gasteiger partial charge >= 0.3 is 5.97 Å². The number of amides is 1. The van der Waals surface area contributed by atoms with Gasteiger partial charge < -0.3 is 15.7 Å². The topological polar surface area (TPSA) is 193 Å². The Morgan fingerprint density at radius 3 is 2.76 bits per heavy atom. The number of para-hydroxylation sites is 1. The molecule has 204 valence electrons. The summed E-state index contributed by atoms with van der Waals surface area (Å²) in [6.07, 6.45) is 2.89. The summed E-state index contributed by atoms with van der Waals surface area (Å²) in [4.78, 5) is 34.9. The molecule has 2 heterocycles. The number of guanidine groups is 1. The number of likely N-dealkylation sites (tertiary alicyclic amines) is 1. The lowest BCUT2D eigenvalue weighted by Crippen LogP contribution is -2.56. The van der Waals surface area contributed by atoms with Crippen LogP contribution in [0.2, 0.25) is 0 Å². The Labute approximate surface area is 222 Å². The van der Waals surface area contributed by atoms with E-state index in [2.05, 4.69) is 20.1 Å². The predicted octanol–water partition coefficient (Wildman–Crippen LogP) is 0.882. The van der Waals surface area contributed by atoms with Crippen LogP contribution in [0, 0.1) is 12.8 Å². The molecule has 0 bridgehead atoms. The molecule has 7 N–H and O–H groups in total. The minimum absolute atomic E-state index is 0. The van der Waals surface area contributed by atoms with Crippen molar-refractivity contribution in [1.29, 1.82) is 0 Å². The maximum absolute atomic E-state index is 13.5. The number of aliphatic carboxylic acids is 1. The fourth-order valence-corrected chi connectivity index (χ4v) is 5.73. The summed E-state index contributed by atoms with van der Waals surface area (Å²) in [5.41, 5.74) is 8.89. The number of sulfonamides is 1. The lowest BCUT2D eigenvalue weighted by Gasteiger charge is -2.38. The number of benzene rings is 1. The molecule has 0 saturated carbocycles. The average molecular weight is 556 g/mol. The van der Waals surface area contributed by atoms with Crippen molar-refractivity contribution in [3.63, 3.8) is 0 Å². The molecule has 1 aliphatic rings. The molecule has 1 aromatic carbocycles. The van der Waals surface area contributed by atoms with Crippen molar-refractivity contribution in [2.45, 2.75) is 56.5 Å². The van der Waals surface area contributed by atoms with Crippen molar-refractivity contribution in [3.05, 3.63) is 36.0 Å². The summed E-state index contributed by atoms with van der Waals surface area (Å²) in [7, 11) is -4.19. The largest absolute Gasteiger partial charge is 0.480 e. The van der Waals surface area contributed by atoms with Crippen LogP contribution in [0.25, 0.3) is 10.9 Å². The van der Waals surface area contributed by atoms with Gasteiger partial charge in [0.05, 0.1) is 5.52 Å². The van der Waals surface area contributed by atoms with Gasteiger partial charge in [0.25, 0.3) is 0 Å². The van der Waals surface area contributed by atoms with E-state index in [1.165, 1.54) is 11.0 Å². The van der Waals surface area contributed by atoms with Gasteiger partial charge in [-0.25, -0.2) is 19.1 Å². The van der Waals surface area contributed by atoms with Crippen LogP contribution in [0.15, 0.2) is 40.4 Å². The number of aromatic nitrogens is 1. The van der Waals surface area contributed by atoms with Crippen molar-refractivity contribution < 1.29 is 23.1 Å². The van der Waals surface area contributed by atoms with Crippen molar-refractivity contribution in [2.24, 2.45) is 22.5 Å². The number of carbonyl (C=O) groups excluding carboxylic acids is 1. The number of carbonyl (C=O) groups is 2. The third-order valence-corrected chi connectivity index (χ3v) is 7.71. The number of pyridine rings is 1. The number of rotatable bonds is 9. The Morgan fingerprint density at radius 2 is 2.08 bits per heavy atom. The lowest BCUT2D eigenvalue weighted by atomic mass is 9.91. The number of nitrogens with zero attached hydrogens (tertiary/aromatic N) is 3. The zero-order valence-electron chi connectivity index (χ0n) is 20.8. The third-order valence-electron chi connectivity index (χ3n) is 6.21. The highest BCUT2D eigenvalue weighted by Crippen LogP contribution is 2.26.